The first-order chi connectivity index (χ1) is 17.3. The normalized spacial score (nSPS) is 35.2. The van der Waals surface area contributed by atoms with Gasteiger partial charge >= 0.3 is 5.97 Å². The Kier molecular flexibility index (Phi) is 7.40. The standard InChI is InChI=1S/C29H44N2O6/c1-7-28-13-9-8-10-18-36-25(35)21(28)20-23(33)30(15-12-17-32)22-24(34)31(16-11-14-29(20,22)37-28)27(5,6)19-26(2,3)4/h9,11,13-14,20-22,32H,7-8,10,12,15-19H2,1-6H3/b13-9-/t20-,21-,22?,28+,29-/m0/s1. The van der Waals surface area contributed by atoms with Gasteiger partial charge in [-0.25, -0.2) is 0 Å². The predicted octanol–water partition coefficient (Wildman–Crippen LogP) is 3.24. The highest BCUT2D eigenvalue weighted by Gasteiger charge is 2.75. The van der Waals surface area contributed by atoms with E-state index < -0.39 is 40.6 Å². The van der Waals surface area contributed by atoms with Gasteiger partial charge in [-0.15, -0.1) is 0 Å². The van der Waals surface area contributed by atoms with Crippen molar-refractivity contribution in [2.45, 2.75) is 96.4 Å². The second kappa shape index (κ2) is 9.84. The minimum Gasteiger partial charge on any atom is -0.465 e. The number of esters is 1. The van der Waals surface area contributed by atoms with Crippen molar-refractivity contribution < 1.29 is 29.0 Å². The van der Waals surface area contributed by atoms with Crippen molar-refractivity contribution in [3.05, 3.63) is 24.3 Å². The third-order valence-electron chi connectivity index (χ3n) is 8.38. The summed E-state index contributed by atoms with van der Waals surface area (Å²) in [4.78, 5) is 45.6. The molecule has 0 saturated carbocycles. The molecule has 2 amide bonds. The van der Waals surface area contributed by atoms with Crippen LogP contribution in [0.15, 0.2) is 24.3 Å². The van der Waals surface area contributed by atoms with Gasteiger partial charge in [-0.3, -0.25) is 14.4 Å². The molecule has 0 aromatic rings. The van der Waals surface area contributed by atoms with Gasteiger partial charge in [0, 0.05) is 25.2 Å². The molecule has 0 bridgehead atoms. The number of carbonyl (C=O) groups is 3. The molecule has 0 aliphatic carbocycles. The fourth-order valence-electron chi connectivity index (χ4n) is 7.29. The van der Waals surface area contributed by atoms with Gasteiger partial charge in [-0.1, -0.05) is 52.0 Å². The number of fused-ring (bicyclic) bond motifs is 2. The number of hydrogen-bond donors (Lipinski definition) is 1. The summed E-state index contributed by atoms with van der Waals surface area (Å²) in [6, 6.07) is -0.922. The number of aliphatic hydroxyl groups excluding tert-OH is 1. The van der Waals surface area contributed by atoms with E-state index in [2.05, 4.69) is 34.6 Å². The summed E-state index contributed by atoms with van der Waals surface area (Å²) >= 11 is 0. The van der Waals surface area contributed by atoms with E-state index >= 15 is 0 Å². The fraction of sp³-hybridized carbons (Fsp3) is 0.759. The monoisotopic (exact) mass is 516 g/mol. The van der Waals surface area contributed by atoms with E-state index in [0.717, 1.165) is 12.8 Å². The Morgan fingerprint density at radius 3 is 2.43 bits per heavy atom. The molecular weight excluding hydrogens is 472 g/mol. The van der Waals surface area contributed by atoms with Crippen LogP contribution in [-0.2, 0) is 23.9 Å². The van der Waals surface area contributed by atoms with E-state index in [-0.39, 0.29) is 37.0 Å². The first-order valence-corrected chi connectivity index (χ1v) is 13.8. The van der Waals surface area contributed by atoms with Crippen LogP contribution in [0.2, 0.25) is 0 Å². The minimum absolute atomic E-state index is 0.0171. The highest BCUT2D eigenvalue weighted by atomic mass is 16.6. The first kappa shape index (κ1) is 27.8. The van der Waals surface area contributed by atoms with E-state index in [1.807, 2.05) is 36.1 Å². The maximum Gasteiger partial charge on any atom is 0.313 e. The van der Waals surface area contributed by atoms with Crippen molar-refractivity contribution >= 4 is 17.8 Å². The molecule has 4 heterocycles. The molecule has 0 radical (unpaired) electrons. The van der Waals surface area contributed by atoms with Crippen molar-refractivity contribution in [1.29, 1.82) is 0 Å². The Labute approximate surface area is 221 Å². The van der Waals surface area contributed by atoms with E-state index in [1.54, 1.807) is 4.90 Å². The number of aliphatic hydroxyl groups is 1. The number of rotatable bonds is 6. The van der Waals surface area contributed by atoms with E-state index in [4.69, 9.17) is 9.47 Å². The van der Waals surface area contributed by atoms with Gasteiger partial charge in [-0.2, -0.15) is 0 Å². The molecule has 4 rings (SSSR count). The first-order valence-electron chi connectivity index (χ1n) is 13.8. The van der Waals surface area contributed by atoms with Crippen molar-refractivity contribution in [3.63, 3.8) is 0 Å². The van der Waals surface area contributed by atoms with Gasteiger partial charge in [0.05, 0.1) is 12.5 Å². The second-order valence-corrected chi connectivity index (χ2v) is 12.8. The number of hydrogen-bond acceptors (Lipinski definition) is 6. The van der Waals surface area contributed by atoms with Crippen molar-refractivity contribution in [2.24, 2.45) is 17.3 Å². The Morgan fingerprint density at radius 2 is 1.78 bits per heavy atom. The Hall–Kier alpha value is -2.19. The average Bonchev–Trinajstić information content (AvgIpc) is 3.17. The van der Waals surface area contributed by atoms with Crippen LogP contribution in [0.3, 0.4) is 0 Å². The van der Waals surface area contributed by atoms with Crippen LogP contribution in [-0.4, -0.2) is 81.8 Å². The summed E-state index contributed by atoms with van der Waals surface area (Å²) in [6.07, 6.45) is 10.8. The highest BCUT2D eigenvalue weighted by Crippen LogP contribution is 2.58. The molecule has 1 spiro atoms. The summed E-state index contributed by atoms with van der Waals surface area (Å²) < 4.78 is 12.6. The SMILES string of the molecule is CC[C@@]12/C=C\CCCOC(=O)[C@@H]1[C@H]1C(=O)N(CCCO)C3C(=O)N(C(C)(C)CC(C)(C)C)CC=C[C@@]31O2. The van der Waals surface area contributed by atoms with Crippen LogP contribution in [0.5, 0.6) is 0 Å². The topological polar surface area (TPSA) is 96.4 Å². The minimum atomic E-state index is -1.29. The number of likely N-dealkylation sites (tertiary alicyclic amines) is 1. The number of carbonyl (C=O) groups excluding carboxylic acids is 3. The number of amides is 2. The molecule has 2 fully saturated rings. The summed E-state index contributed by atoms with van der Waals surface area (Å²) in [6.45, 7) is 13.3. The largest absolute Gasteiger partial charge is 0.465 e. The second-order valence-electron chi connectivity index (χ2n) is 12.8. The lowest BCUT2D eigenvalue weighted by atomic mass is 9.73. The lowest BCUT2D eigenvalue weighted by molar-refractivity contribution is -0.162. The van der Waals surface area contributed by atoms with E-state index in [1.165, 1.54) is 0 Å². The van der Waals surface area contributed by atoms with E-state index in [9.17, 15) is 19.5 Å². The summed E-state index contributed by atoms with van der Waals surface area (Å²) in [5.74, 6) is -2.63. The molecule has 2 saturated heterocycles. The lowest BCUT2D eigenvalue weighted by Crippen LogP contribution is -2.60. The van der Waals surface area contributed by atoms with Crippen LogP contribution in [0, 0.1) is 17.3 Å². The fourth-order valence-corrected chi connectivity index (χ4v) is 7.29. The van der Waals surface area contributed by atoms with Crippen molar-refractivity contribution in [1.82, 2.24) is 9.80 Å². The summed E-state index contributed by atoms with van der Waals surface area (Å²) in [5.41, 5.74) is -2.82. The molecule has 1 N–H and O–H groups in total. The number of ether oxygens (including phenoxy) is 2. The van der Waals surface area contributed by atoms with Gasteiger partial charge in [0.2, 0.25) is 11.8 Å². The van der Waals surface area contributed by atoms with Crippen LogP contribution >= 0.6 is 0 Å². The lowest BCUT2D eigenvalue weighted by Gasteiger charge is -2.45. The van der Waals surface area contributed by atoms with Crippen LogP contribution < -0.4 is 0 Å². The molecule has 37 heavy (non-hydrogen) atoms. The highest BCUT2D eigenvalue weighted by molar-refractivity contribution is 5.99. The maximum atomic E-state index is 14.5. The molecule has 0 aromatic heterocycles. The molecule has 4 aliphatic rings. The van der Waals surface area contributed by atoms with Crippen molar-refractivity contribution in [2.75, 3.05) is 26.3 Å². The summed E-state index contributed by atoms with van der Waals surface area (Å²) in [7, 11) is 0. The van der Waals surface area contributed by atoms with Crippen LogP contribution in [0.25, 0.3) is 0 Å². The molecule has 1 unspecified atom stereocenters. The zero-order valence-electron chi connectivity index (χ0n) is 23.3. The molecule has 8 nitrogen and oxygen atoms in total. The number of allylic oxidation sites excluding steroid dienone is 1. The molecule has 4 aliphatic heterocycles. The molecule has 8 heteroatoms. The zero-order chi connectivity index (χ0) is 27.2. The predicted molar refractivity (Wildman–Crippen MR) is 139 cm³/mol. The van der Waals surface area contributed by atoms with Crippen LogP contribution in [0.4, 0.5) is 0 Å². The van der Waals surface area contributed by atoms with Gasteiger partial charge in [0.1, 0.15) is 23.2 Å². The van der Waals surface area contributed by atoms with E-state index in [0.29, 0.717) is 25.8 Å². The Morgan fingerprint density at radius 1 is 1.05 bits per heavy atom. The van der Waals surface area contributed by atoms with Gasteiger partial charge in [0.15, 0.2) is 0 Å². The quantitative estimate of drug-likeness (QED) is 0.430. The third kappa shape index (κ3) is 4.65. The molecule has 206 valence electrons. The van der Waals surface area contributed by atoms with Gasteiger partial charge < -0.3 is 24.4 Å². The number of nitrogens with zero attached hydrogens (tertiary/aromatic N) is 2. The Balaban J connectivity index is 1.86. The Bertz CT molecular complexity index is 981. The molecule has 5 atom stereocenters. The average molecular weight is 517 g/mol. The van der Waals surface area contributed by atoms with Crippen LogP contribution in [0.1, 0.15) is 73.6 Å². The number of cyclic esters (lactones) is 1. The molecular formula is C29H44N2O6. The van der Waals surface area contributed by atoms with Gasteiger partial charge in [0.25, 0.3) is 0 Å². The maximum absolute atomic E-state index is 14.5. The summed E-state index contributed by atoms with van der Waals surface area (Å²) in [5, 5.41) is 9.59. The smallest absolute Gasteiger partial charge is 0.313 e. The van der Waals surface area contributed by atoms with Crippen molar-refractivity contribution in [3.8, 4) is 0 Å². The van der Waals surface area contributed by atoms with Gasteiger partial charge in [-0.05, 0) is 51.4 Å². The zero-order valence-corrected chi connectivity index (χ0v) is 23.3. The third-order valence-corrected chi connectivity index (χ3v) is 8.38. The molecule has 0 aromatic carbocycles.